The van der Waals surface area contributed by atoms with Gasteiger partial charge in [0.05, 0.1) is 12.5 Å². The smallest absolute Gasteiger partial charge is 0.306 e. The van der Waals surface area contributed by atoms with Crippen molar-refractivity contribution in [2.75, 3.05) is 19.9 Å². The number of aliphatic carboxylic acids is 1. The van der Waals surface area contributed by atoms with E-state index in [1.165, 1.54) is 7.11 Å². The van der Waals surface area contributed by atoms with Crippen molar-refractivity contribution in [3.05, 3.63) is 29.3 Å². The molecule has 0 heterocycles. The zero-order chi connectivity index (χ0) is 15.1. The Bertz CT molecular complexity index is 490. The molecule has 1 atom stereocenters. The van der Waals surface area contributed by atoms with Gasteiger partial charge in [-0.15, -0.1) is 11.8 Å². The molecule has 0 saturated carbocycles. The number of carbonyl (C=O) groups excluding carboxylic acids is 1. The second kappa shape index (κ2) is 7.91. The number of thioether (sulfide) groups is 1. The highest BCUT2D eigenvalue weighted by molar-refractivity contribution is 7.98. The van der Waals surface area contributed by atoms with Gasteiger partial charge in [0.2, 0.25) is 0 Å². The maximum Gasteiger partial charge on any atom is 0.306 e. The molecule has 0 spiro atoms. The zero-order valence-corrected chi connectivity index (χ0v) is 12.6. The molecule has 1 aromatic carbocycles. The molecule has 0 aliphatic heterocycles. The molecule has 2 N–H and O–H groups in total. The van der Waals surface area contributed by atoms with Gasteiger partial charge in [0.1, 0.15) is 0 Å². The van der Waals surface area contributed by atoms with E-state index < -0.39 is 12.1 Å². The summed E-state index contributed by atoms with van der Waals surface area (Å²) in [6.07, 6.45) is 1.28. The Balaban J connectivity index is 2.68. The minimum Gasteiger partial charge on any atom is -0.481 e. The fourth-order valence-electron chi connectivity index (χ4n) is 1.71. The first-order valence-corrected chi connectivity index (χ1v) is 7.37. The predicted molar refractivity (Wildman–Crippen MR) is 78.3 cm³/mol. The van der Waals surface area contributed by atoms with Crippen LogP contribution in [0.2, 0.25) is 0 Å². The van der Waals surface area contributed by atoms with Crippen molar-refractivity contribution in [2.24, 2.45) is 0 Å². The second-order valence-corrected chi connectivity index (χ2v) is 5.23. The number of hydrogen-bond acceptors (Lipinski definition) is 4. The van der Waals surface area contributed by atoms with Gasteiger partial charge in [0, 0.05) is 24.1 Å². The first-order valence-electron chi connectivity index (χ1n) is 6.15. The topological polar surface area (TPSA) is 75.6 Å². The fourth-order valence-corrected chi connectivity index (χ4v) is 2.15. The summed E-state index contributed by atoms with van der Waals surface area (Å²) in [5, 5.41) is 11.4. The SMILES string of the molecule is COC(CNC(=O)c1cc(SC)ccc1C)CC(=O)O. The minimum atomic E-state index is -0.952. The maximum absolute atomic E-state index is 12.1. The van der Waals surface area contributed by atoms with Crippen molar-refractivity contribution < 1.29 is 19.4 Å². The van der Waals surface area contributed by atoms with E-state index in [0.717, 1.165) is 10.5 Å². The number of aryl methyl sites for hydroxylation is 1. The molecule has 0 saturated heterocycles. The third kappa shape index (κ3) is 4.86. The number of carboxylic acid groups (broad SMARTS) is 1. The number of rotatable bonds is 7. The molecule has 0 aromatic heterocycles. The molecule has 110 valence electrons. The van der Waals surface area contributed by atoms with Crippen LogP contribution in [0.15, 0.2) is 23.1 Å². The van der Waals surface area contributed by atoms with Gasteiger partial charge in [-0.2, -0.15) is 0 Å². The second-order valence-electron chi connectivity index (χ2n) is 4.35. The number of carbonyl (C=O) groups is 2. The number of carboxylic acids is 1. The number of nitrogens with one attached hydrogen (secondary N) is 1. The average Bonchev–Trinajstić information content (AvgIpc) is 2.43. The van der Waals surface area contributed by atoms with Crippen LogP contribution in [0.5, 0.6) is 0 Å². The Hall–Kier alpha value is -1.53. The van der Waals surface area contributed by atoms with Crippen molar-refractivity contribution in [3.63, 3.8) is 0 Å². The highest BCUT2D eigenvalue weighted by Crippen LogP contribution is 2.19. The van der Waals surface area contributed by atoms with Crippen LogP contribution < -0.4 is 5.32 Å². The molecule has 1 rings (SSSR count). The largest absolute Gasteiger partial charge is 0.481 e. The van der Waals surface area contributed by atoms with Crippen LogP contribution >= 0.6 is 11.8 Å². The minimum absolute atomic E-state index is 0.138. The molecule has 0 bridgehead atoms. The Morgan fingerprint density at radius 3 is 2.70 bits per heavy atom. The Labute approximate surface area is 122 Å². The Morgan fingerprint density at radius 1 is 1.45 bits per heavy atom. The molecular formula is C14H19NO4S. The first kappa shape index (κ1) is 16.5. The summed E-state index contributed by atoms with van der Waals surface area (Å²) in [6, 6.07) is 5.68. The molecule has 1 unspecified atom stereocenters. The summed E-state index contributed by atoms with van der Waals surface area (Å²) >= 11 is 1.56. The summed E-state index contributed by atoms with van der Waals surface area (Å²) < 4.78 is 5.02. The molecule has 20 heavy (non-hydrogen) atoms. The van der Waals surface area contributed by atoms with Gasteiger partial charge in [-0.3, -0.25) is 9.59 Å². The molecule has 0 radical (unpaired) electrons. The van der Waals surface area contributed by atoms with Crippen LogP contribution in [0, 0.1) is 6.92 Å². The molecule has 0 aliphatic carbocycles. The highest BCUT2D eigenvalue weighted by atomic mass is 32.2. The number of hydrogen-bond donors (Lipinski definition) is 2. The fraction of sp³-hybridized carbons (Fsp3) is 0.429. The predicted octanol–water partition coefficient (Wildman–Crippen LogP) is 1.94. The van der Waals surface area contributed by atoms with Crippen LogP contribution in [0.4, 0.5) is 0 Å². The van der Waals surface area contributed by atoms with Gasteiger partial charge in [-0.1, -0.05) is 6.07 Å². The molecular weight excluding hydrogens is 278 g/mol. The van der Waals surface area contributed by atoms with E-state index in [9.17, 15) is 9.59 Å². The molecule has 0 fully saturated rings. The molecule has 1 amide bonds. The number of benzene rings is 1. The van der Waals surface area contributed by atoms with Gasteiger partial charge < -0.3 is 15.2 Å². The maximum atomic E-state index is 12.1. The monoisotopic (exact) mass is 297 g/mol. The Morgan fingerprint density at radius 2 is 2.15 bits per heavy atom. The van der Waals surface area contributed by atoms with Crippen LogP contribution in [0.1, 0.15) is 22.3 Å². The van der Waals surface area contributed by atoms with Crippen molar-refractivity contribution >= 4 is 23.6 Å². The quantitative estimate of drug-likeness (QED) is 0.752. The summed E-state index contributed by atoms with van der Waals surface area (Å²) in [7, 11) is 1.43. The molecule has 6 heteroatoms. The van der Waals surface area contributed by atoms with E-state index in [4.69, 9.17) is 9.84 Å². The number of amides is 1. The Kier molecular flexibility index (Phi) is 6.54. The van der Waals surface area contributed by atoms with E-state index in [2.05, 4.69) is 5.32 Å². The standard InChI is InChI=1S/C14H19NO4S/c1-9-4-5-11(20-3)7-12(9)14(18)15-8-10(19-2)6-13(16)17/h4-5,7,10H,6,8H2,1-3H3,(H,15,18)(H,16,17). The third-order valence-corrected chi connectivity index (χ3v) is 3.64. The van der Waals surface area contributed by atoms with Crippen LogP contribution in [-0.4, -0.2) is 43.0 Å². The van der Waals surface area contributed by atoms with E-state index in [-0.39, 0.29) is 18.9 Å². The third-order valence-electron chi connectivity index (χ3n) is 2.92. The van der Waals surface area contributed by atoms with E-state index in [0.29, 0.717) is 5.56 Å². The normalized spacial score (nSPS) is 11.9. The van der Waals surface area contributed by atoms with Gasteiger partial charge in [0.15, 0.2) is 0 Å². The van der Waals surface area contributed by atoms with Crippen LogP contribution in [0.25, 0.3) is 0 Å². The number of ether oxygens (including phenoxy) is 1. The van der Waals surface area contributed by atoms with Crippen molar-refractivity contribution in [3.8, 4) is 0 Å². The van der Waals surface area contributed by atoms with Crippen molar-refractivity contribution in [1.29, 1.82) is 0 Å². The zero-order valence-electron chi connectivity index (χ0n) is 11.8. The summed E-state index contributed by atoms with van der Waals surface area (Å²) in [5.74, 6) is -1.17. The molecule has 0 aliphatic rings. The summed E-state index contributed by atoms with van der Waals surface area (Å²) in [4.78, 5) is 23.8. The lowest BCUT2D eigenvalue weighted by Crippen LogP contribution is -2.34. The van der Waals surface area contributed by atoms with Crippen molar-refractivity contribution in [1.82, 2.24) is 5.32 Å². The summed E-state index contributed by atoms with van der Waals surface area (Å²) in [6.45, 7) is 2.04. The van der Waals surface area contributed by atoms with Gasteiger partial charge in [-0.25, -0.2) is 0 Å². The lowest BCUT2D eigenvalue weighted by atomic mass is 10.1. The number of methoxy groups -OCH3 is 1. The first-order chi connectivity index (χ1) is 9.47. The van der Waals surface area contributed by atoms with Crippen LogP contribution in [-0.2, 0) is 9.53 Å². The molecule has 5 nitrogen and oxygen atoms in total. The lowest BCUT2D eigenvalue weighted by Gasteiger charge is -2.15. The average molecular weight is 297 g/mol. The van der Waals surface area contributed by atoms with Gasteiger partial charge in [0.25, 0.3) is 5.91 Å². The van der Waals surface area contributed by atoms with Crippen molar-refractivity contribution in [2.45, 2.75) is 24.3 Å². The van der Waals surface area contributed by atoms with Gasteiger partial charge in [-0.05, 0) is 30.9 Å². The summed E-state index contributed by atoms with van der Waals surface area (Å²) in [5.41, 5.74) is 1.48. The van der Waals surface area contributed by atoms with Crippen LogP contribution in [0.3, 0.4) is 0 Å². The van der Waals surface area contributed by atoms with E-state index in [1.54, 1.807) is 11.8 Å². The van der Waals surface area contributed by atoms with E-state index >= 15 is 0 Å². The highest BCUT2D eigenvalue weighted by Gasteiger charge is 2.15. The lowest BCUT2D eigenvalue weighted by molar-refractivity contribution is -0.139. The van der Waals surface area contributed by atoms with Gasteiger partial charge >= 0.3 is 5.97 Å². The van der Waals surface area contributed by atoms with E-state index in [1.807, 2.05) is 31.4 Å². The molecule has 1 aromatic rings.